The second-order valence-electron chi connectivity index (χ2n) is 8.93. The van der Waals surface area contributed by atoms with Crippen molar-refractivity contribution in [2.24, 2.45) is 0 Å². The second-order valence-corrected chi connectivity index (χ2v) is 10.9. The Morgan fingerprint density at radius 3 is 2.53 bits per heavy atom. The van der Waals surface area contributed by atoms with Crippen molar-refractivity contribution >= 4 is 9.84 Å². The molecule has 2 aromatic carbocycles. The molecule has 0 bridgehead atoms. The monoisotopic (exact) mass is 525 g/mol. The molecule has 4 rings (SSSR count). The number of alkyl halides is 1. The van der Waals surface area contributed by atoms with Gasteiger partial charge in [-0.1, -0.05) is 6.07 Å². The highest BCUT2D eigenvalue weighted by atomic mass is 32.2. The summed E-state index contributed by atoms with van der Waals surface area (Å²) in [6.07, 6.45) is 0.354. The molecule has 13 heteroatoms. The summed E-state index contributed by atoms with van der Waals surface area (Å²) in [5, 5.41) is 22.5. The van der Waals surface area contributed by atoms with Gasteiger partial charge in [-0.05, 0) is 54.1 Å². The number of aliphatic hydroxyl groups is 1. The average molecular weight is 526 g/mol. The van der Waals surface area contributed by atoms with Crippen LogP contribution in [-0.4, -0.2) is 76.3 Å². The first-order valence-electron chi connectivity index (χ1n) is 11.2. The summed E-state index contributed by atoms with van der Waals surface area (Å²) in [6, 6.07) is 7.81. The number of benzene rings is 2. The van der Waals surface area contributed by atoms with Crippen LogP contribution >= 0.6 is 0 Å². The topological polar surface area (TPSA) is 110 Å². The molecule has 36 heavy (non-hydrogen) atoms. The molecule has 194 valence electrons. The molecule has 1 fully saturated rings. The van der Waals surface area contributed by atoms with E-state index < -0.39 is 45.4 Å². The fourth-order valence-electron chi connectivity index (χ4n) is 4.42. The van der Waals surface area contributed by atoms with Gasteiger partial charge in [0.15, 0.2) is 9.84 Å². The van der Waals surface area contributed by atoms with Crippen LogP contribution in [0.25, 0.3) is 0 Å². The predicted octanol–water partition coefficient (Wildman–Crippen LogP) is 2.12. The van der Waals surface area contributed by atoms with Crippen molar-refractivity contribution in [3.63, 3.8) is 0 Å². The summed E-state index contributed by atoms with van der Waals surface area (Å²) in [5.41, 5.74) is -2.08. The van der Waals surface area contributed by atoms with Crippen LogP contribution in [-0.2, 0) is 22.0 Å². The largest absolute Gasteiger partial charge is 0.487 e. The zero-order valence-electron chi connectivity index (χ0n) is 19.6. The lowest BCUT2D eigenvalue weighted by atomic mass is 9.84. The van der Waals surface area contributed by atoms with E-state index in [0.717, 1.165) is 18.4 Å². The van der Waals surface area contributed by atoms with Gasteiger partial charge in [0, 0.05) is 37.0 Å². The lowest BCUT2D eigenvalue weighted by molar-refractivity contribution is -0.0880. The number of tetrazole rings is 1. The molecule has 9 nitrogen and oxygen atoms in total. The standard InChI is InChI=1S/C23H26F3N5O4S/c1-15(23(32,13-31-14-27-28-29-31)19-8-3-16(24)11-20(19)25)30-10-9-22(21(26)12-30)35-17-4-6-18(7-5-17)36(2,33)34/h3-8,11,14-15,21-22,32H,9-10,12-13H2,1-2H3/t15-,21-,22+,23-/m1/s1. The zero-order chi connectivity index (χ0) is 26.1. The maximum absolute atomic E-state index is 15.2. The van der Waals surface area contributed by atoms with Crippen LogP contribution in [0.4, 0.5) is 13.2 Å². The summed E-state index contributed by atoms with van der Waals surface area (Å²) in [4.78, 5) is 1.80. The van der Waals surface area contributed by atoms with Crippen molar-refractivity contribution in [1.29, 1.82) is 0 Å². The number of ether oxygens (including phenoxy) is 1. The minimum atomic E-state index is -3.36. The molecule has 0 saturated carbocycles. The van der Waals surface area contributed by atoms with Crippen molar-refractivity contribution in [3.05, 3.63) is 66.0 Å². The molecular formula is C23H26F3N5O4S. The maximum atomic E-state index is 15.2. The third-order valence-electron chi connectivity index (χ3n) is 6.48. The van der Waals surface area contributed by atoms with Gasteiger partial charge in [0.2, 0.25) is 0 Å². The van der Waals surface area contributed by atoms with E-state index >= 15 is 4.39 Å². The van der Waals surface area contributed by atoms with Gasteiger partial charge >= 0.3 is 0 Å². The minimum Gasteiger partial charge on any atom is -0.487 e. The van der Waals surface area contributed by atoms with Crippen LogP contribution in [0.1, 0.15) is 18.9 Å². The van der Waals surface area contributed by atoms with Crippen molar-refractivity contribution in [3.8, 4) is 5.75 Å². The third kappa shape index (κ3) is 5.52. The van der Waals surface area contributed by atoms with E-state index in [9.17, 15) is 22.3 Å². The van der Waals surface area contributed by atoms with Crippen LogP contribution < -0.4 is 4.74 Å². The Labute approximate surface area is 206 Å². The Morgan fingerprint density at radius 2 is 1.94 bits per heavy atom. The number of hydrogen-bond donors (Lipinski definition) is 1. The molecule has 1 N–H and O–H groups in total. The summed E-state index contributed by atoms with van der Waals surface area (Å²) >= 11 is 0. The quantitative estimate of drug-likeness (QED) is 0.476. The van der Waals surface area contributed by atoms with E-state index in [1.165, 1.54) is 35.3 Å². The Hall–Kier alpha value is -3.03. The predicted molar refractivity (Wildman–Crippen MR) is 123 cm³/mol. The Morgan fingerprint density at radius 1 is 1.22 bits per heavy atom. The fraction of sp³-hybridized carbons (Fsp3) is 0.435. The van der Waals surface area contributed by atoms with Gasteiger partial charge in [-0.2, -0.15) is 0 Å². The normalized spacial score (nSPS) is 21.6. The summed E-state index contributed by atoms with van der Waals surface area (Å²) in [5.74, 6) is -1.40. The molecule has 3 aromatic rings. The average Bonchev–Trinajstić information content (AvgIpc) is 3.32. The van der Waals surface area contributed by atoms with E-state index in [4.69, 9.17) is 4.74 Å². The van der Waals surface area contributed by atoms with Gasteiger partial charge in [0.05, 0.1) is 11.4 Å². The van der Waals surface area contributed by atoms with E-state index in [0.29, 0.717) is 18.4 Å². The van der Waals surface area contributed by atoms with Gasteiger partial charge < -0.3 is 9.84 Å². The summed E-state index contributed by atoms with van der Waals surface area (Å²) < 4.78 is 73.8. The van der Waals surface area contributed by atoms with Crippen LogP contribution in [0.3, 0.4) is 0 Å². The molecule has 1 aromatic heterocycles. The van der Waals surface area contributed by atoms with Crippen LogP contribution in [0.2, 0.25) is 0 Å². The molecule has 0 radical (unpaired) electrons. The van der Waals surface area contributed by atoms with E-state index in [1.54, 1.807) is 11.8 Å². The Kier molecular flexibility index (Phi) is 7.34. The molecule has 0 aliphatic carbocycles. The lowest BCUT2D eigenvalue weighted by Crippen LogP contribution is -2.57. The van der Waals surface area contributed by atoms with Gasteiger partial charge in [0.25, 0.3) is 0 Å². The molecule has 0 amide bonds. The number of sulfone groups is 1. The fourth-order valence-corrected chi connectivity index (χ4v) is 5.05. The highest BCUT2D eigenvalue weighted by Gasteiger charge is 2.44. The smallest absolute Gasteiger partial charge is 0.175 e. The molecule has 1 aliphatic heterocycles. The molecule has 4 atom stereocenters. The minimum absolute atomic E-state index is 0.117. The first kappa shape index (κ1) is 26.0. The molecule has 0 spiro atoms. The maximum Gasteiger partial charge on any atom is 0.175 e. The number of rotatable bonds is 8. The van der Waals surface area contributed by atoms with Crippen molar-refractivity contribution < 1.29 is 31.4 Å². The molecule has 2 heterocycles. The lowest BCUT2D eigenvalue weighted by Gasteiger charge is -2.44. The molecule has 0 unspecified atom stereocenters. The Bertz CT molecular complexity index is 1290. The van der Waals surface area contributed by atoms with Crippen molar-refractivity contribution in [2.75, 3.05) is 19.3 Å². The number of likely N-dealkylation sites (tertiary alicyclic amines) is 1. The SMILES string of the molecule is C[C@@H](N1CC[C@H](Oc2ccc(S(C)(=O)=O)cc2)[C@H](F)C1)[C@](O)(Cn1cnnn1)c1ccc(F)cc1F. The van der Waals surface area contributed by atoms with Gasteiger partial charge in [-0.3, -0.25) is 4.90 Å². The molecule has 1 saturated heterocycles. The van der Waals surface area contributed by atoms with Gasteiger partial charge in [0.1, 0.15) is 41.6 Å². The second kappa shape index (κ2) is 10.1. The summed E-state index contributed by atoms with van der Waals surface area (Å²) in [6.45, 7) is 1.58. The third-order valence-corrected chi connectivity index (χ3v) is 7.61. The van der Waals surface area contributed by atoms with Gasteiger partial charge in [-0.25, -0.2) is 26.3 Å². The zero-order valence-corrected chi connectivity index (χ0v) is 20.4. The van der Waals surface area contributed by atoms with Crippen LogP contribution in [0.5, 0.6) is 5.75 Å². The van der Waals surface area contributed by atoms with Crippen molar-refractivity contribution in [2.45, 2.75) is 48.7 Å². The molecule has 1 aliphatic rings. The van der Waals surface area contributed by atoms with E-state index in [-0.39, 0.29) is 30.0 Å². The van der Waals surface area contributed by atoms with Crippen LogP contribution in [0, 0.1) is 11.6 Å². The number of aromatic nitrogens is 4. The summed E-state index contributed by atoms with van der Waals surface area (Å²) in [7, 11) is -3.36. The van der Waals surface area contributed by atoms with Gasteiger partial charge in [-0.15, -0.1) is 5.10 Å². The number of halogens is 3. The van der Waals surface area contributed by atoms with E-state index in [2.05, 4.69) is 15.5 Å². The Balaban J connectivity index is 1.51. The highest BCUT2D eigenvalue weighted by molar-refractivity contribution is 7.90. The first-order valence-corrected chi connectivity index (χ1v) is 13.1. The number of hydrogen-bond acceptors (Lipinski definition) is 8. The highest BCUT2D eigenvalue weighted by Crippen LogP contribution is 2.34. The number of piperidine rings is 1. The molecular weight excluding hydrogens is 499 g/mol. The van der Waals surface area contributed by atoms with E-state index in [1.807, 2.05) is 0 Å². The van der Waals surface area contributed by atoms with Crippen LogP contribution in [0.15, 0.2) is 53.7 Å². The van der Waals surface area contributed by atoms with Crippen molar-refractivity contribution in [1.82, 2.24) is 25.1 Å². The number of nitrogens with zero attached hydrogens (tertiary/aromatic N) is 5. The first-order chi connectivity index (χ1) is 17.0.